The number of rotatable bonds is 4. The normalized spacial score (nSPS) is 11.1. The van der Waals surface area contributed by atoms with Gasteiger partial charge in [0.2, 0.25) is 0 Å². The van der Waals surface area contributed by atoms with E-state index >= 15 is 0 Å². The van der Waals surface area contributed by atoms with E-state index in [1.54, 1.807) is 0 Å². The lowest BCUT2D eigenvalue weighted by Gasteiger charge is -2.02. The number of fused-ring (bicyclic) bond motifs is 1. The summed E-state index contributed by atoms with van der Waals surface area (Å²) in [5.41, 5.74) is 2.09. The molecule has 0 amide bonds. The van der Waals surface area contributed by atoms with Crippen molar-refractivity contribution >= 4 is 34.2 Å². The Labute approximate surface area is 98.8 Å². The highest BCUT2D eigenvalue weighted by molar-refractivity contribution is 6.31. The molecule has 0 unspecified atom stereocenters. The number of nitrogens with zero attached hydrogens (tertiary/aromatic N) is 2. The highest BCUT2D eigenvalue weighted by Gasteiger charge is 2.02. The second-order valence-corrected chi connectivity index (χ2v) is 4.28. The minimum Gasteiger partial charge on any atom is -0.331 e. The molecular weight excluding hydrogens is 231 g/mol. The highest BCUT2D eigenvalue weighted by Crippen LogP contribution is 2.18. The Kier molecular flexibility index (Phi) is 3.49. The molecule has 80 valence electrons. The average Bonchev–Trinajstić information content (AvgIpc) is 2.62. The summed E-state index contributed by atoms with van der Waals surface area (Å²) < 4.78 is 2.12. The van der Waals surface area contributed by atoms with Gasteiger partial charge in [0.1, 0.15) is 0 Å². The third-order valence-corrected chi connectivity index (χ3v) is 2.87. The molecule has 0 aliphatic rings. The number of benzene rings is 1. The lowest BCUT2D eigenvalue weighted by Crippen LogP contribution is -1.96. The Morgan fingerprint density at radius 3 is 2.93 bits per heavy atom. The molecule has 0 aliphatic heterocycles. The maximum atomic E-state index is 5.95. The second-order valence-electron chi connectivity index (χ2n) is 3.47. The van der Waals surface area contributed by atoms with Crippen LogP contribution in [0.15, 0.2) is 24.5 Å². The summed E-state index contributed by atoms with van der Waals surface area (Å²) in [7, 11) is 0. The third-order valence-electron chi connectivity index (χ3n) is 2.37. The van der Waals surface area contributed by atoms with E-state index in [1.165, 1.54) is 0 Å². The van der Waals surface area contributed by atoms with Crippen molar-refractivity contribution in [2.75, 3.05) is 5.88 Å². The van der Waals surface area contributed by atoms with Crippen LogP contribution in [-0.4, -0.2) is 15.4 Å². The van der Waals surface area contributed by atoms with E-state index in [0.717, 1.165) is 35.4 Å². The van der Waals surface area contributed by atoms with Crippen LogP contribution in [0.5, 0.6) is 0 Å². The molecule has 0 spiro atoms. The first kappa shape index (κ1) is 10.8. The smallest absolute Gasteiger partial charge is 0.0958 e. The summed E-state index contributed by atoms with van der Waals surface area (Å²) in [4.78, 5) is 4.31. The minimum absolute atomic E-state index is 0.716. The molecule has 0 bridgehead atoms. The van der Waals surface area contributed by atoms with Gasteiger partial charge in [-0.2, -0.15) is 0 Å². The van der Waals surface area contributed by atoms with Crippen molar-refractivity contribution in [1.29, 1.82) is 0 Å². The van der Waals surface area contributed by atoms with Crippen LogP contribution in [0, 0.1) is 0 Å². The van der Waals surface area contributed by atoms with Gasteiger partial charge in [-0.25, -0.2) is 4.98 Å². The molecule has 2 nitrogen and oxygen atoms in total. The first-order chi connectivity index (χ1) is 7.31. The fourth-order valence-corrected chi connectivity index (χ4v) is 1.94. The zero-order valence-electron chi connectivity index (χ0n) is 8.29. The van der Waals surface area contributed by atoms with E-state index in [0.29, 0.717) is 5.88 Å². The van der Waals surface area contributed by atoms with Crippen molar-refractivity contribution in [3.8, 4) is 0 Å². The van der Waals surface area contributed by atoms with Gasteiger partial charge in [-0.3, -0.25) is 0 Å². The number of aromatic nitrogens is 2. The predicted octanol–water partition coefficient (Wildman–Crippen LogP) is 3.71. The summed E-state index contributed by atoms with van der Waals surface area (Å²) in [5, 5.41) is 0.751. The Bertz CT molecular complexity index is 451. The molecule has 0 aliphatic carbocycles. The number of hydrogen-bond acceptors (Lipinski definition) is 1. The van der Waals surface area contributed by atoms with Gasteiger partial charge in [0.05, 0.1) is 17.4 Å². The topological polar surface area (TPSA) is 17.8 Å². The molecule has 4 heteroatoms. The fourth-order valence-electron chi connectivity index (χ4n) is 1.58. The zero-order chi connectivity index (χ0) is 10.7. The van der Waals surface area contributed by atoms with Gasteiger partial charge in [-0.1, -0.05) is 11.6 Å². The van der Waals surface area contributed by atoms with E-state index in [2.05, 4.69) is 9.55 Å². The number of halogens is 2. The molecule has 1 heterocycles. The SMILES string of the molecule is ClCCCCn1cnc2ccc(Cl)cc21. The predicted molar refractivity (Wildman–Crippen MR) is 64.7 cm³/mol. The number of unbranched alkanes of at least 4 members (excludes halogenated alkanes) is 1. The fraction of sp³-hybridized carbons (Fsp3) is 0.364. The van der Waals surface area contributed by atoms with Gasteiger partial charge in [-0.15, -0.1) is 11.6 Å². The molecule has 0 radical (unpaired) electrons. The van der Waals surface area contributed by atoms with E-state index in [4.69, 9.17) is 23.2 Å². The van der Waals surface area contributed by atoms with Gasteiger partial charge in [0.25, 0.3) is 0 Å². The number of imidazole rings is 1. The Morgan fingerprint density at radius 2 is 2.13 bits per heavy atom. The molecular formula is C11H12Cl2N2. The van der Waals surface area contributed by atoms with Crippen LogP contribution < -0.4 is 0 Å². The molecule has 0 fully saturated rings. The molecule has 0 saturated carbocycles. The molecule has 0 N–H and O–H groups in total. The van der Waals surface area contributed by atoms with Crippen LogP contribution >= 0.6 is 23.2 Å². The lowest BCUT2D eigenvalue weighted by molar-refractivity contribution is 0.648. The summed E-state index contributed by atoms with van der Waals surface area (Å²) in [5.74, 6) is 0.716. The van der Waals surface area contributed by atoms with Crippen molar-refractivity contribution in [3.63, 3.8) is 0 Å². The number of hydrogen-bond donors (Lipinski definition) is 0. The maximum absolute atomic E-state index is 5.95. The van der Waals surface area contributed by atoms with Gasteiger partial charge in [0.15, 0.2) is 0 Å². The van der Waals surface area contributed by atoms with Crippen molar-refractivity contribution in [3.05, 3.63) is 29.5 Å². The van der Waals surface area contributed by atoms with E-state index in [9.17, 15) is 0 Å². The Hall–Kier alpha value is -0.730. The van der Waals surface area contributed by atoms with Crippen molar-refractivity contribution in [2.45, 2.75) is 19.4 Å². The van der Waals surface area contributed by atoms with Crippen LogP contribution in [0.2, 0.25) is 5.02 Å². The summed E-state index contributed by atoms with van der Waals surface area (Å²) in [6.07, 6.45) is 3.96. The minimum atomic E-state index is 0.716. The molecule has 0 atom stereocenters. The third kappa shape index (κ3) is 2.44. The molecule has 1 aromatic carbocycles. The summed E-state index contributed by atoms with van der Waals surface area (Å²) in [6.45, 7) is 0.948. The molecule has 2 aromatic rings. The molecule has 0 saturated heterocycles. The quantitative estimate of drug-likeness (QED) is 0.591. The lowest BCUT2D eigenvalue weighted by atomic mass is 10.3. The van der Waals surface area contributed by atoms with Gasteiger partial charge in [0, 0.05) is 17.4 Å². The molecule has 1 aromatic heterocycles. The highest BCUT2D eigenvalue weighted by atomic mass is 35.5. The van der Waals surface area contributed by atoms with Crippen molar-refractivity contribution < 1.29 is 0 Å². The van der Waals surface area contributed by atoms with Crippen molar-refractivity contribution in [1.82, 2.24) is 9.55 Å². The van der Waals surface area contributed by atoms with E-state index in [1.807, 2.05) is 24.5 Å². The Morgan fingerprint density at radius 1 is 1.27 bits per heavy atom. The zero-order valence-corrected chi connectivity index (χ0v) is 9.80. The second kappa shape index (κ2) is 4.86. The van der Waals surface area contributed by atoms with Crippen LogP contribution in [0.4, 0.5) is 0 Å². The monoisotopic (exact) mass is 242 g/mol. The van der Waals surface area contributed by atoms with Gasteiger partial charge < -0.3 is 4.57 Å². The van der Waals surface area contributed by atoms with E-state index < -0.39 is 0 Å². The van der Waals surface area contributed by atoms with Crippen molar-refractivity contribution in [2.24, 2.45) is 0 Å². The van der Waals surface area contributed by atoms with E-state index in [-0.39, 0.29) is 0 Å². The summed E-state index contributed by atoms with van der Waals surface area (Å²) in [6, 6.07) is 5.75. The van der Waals surface area contributed by atoms with Crippen LogP contribution in [0.1, 0.15) is 12.8 Å². The first-order valence-corrected chi connectivity index (χ1v) is 5.89. The van der Waals surface area contributed by atoms with Crippen LogP contribution in [-0.2, 0) is 6.54 Å². The molecule has 15 heavy (non-hydrogen) atoms. The average molecular weight is 243 g/mol. The van der Waals surface area contributed by atoms with Gasteiger partial charge >= 0.3 is 0 Å². The summed E-state index contributed by atoms with van der Waals surface area (Å²) >= 11 is 11.6. The van der Waals surface area contributed by atoms with Crippen LogP contribution in [0.3, 0.4) is 0 Å². The first-order valence-electron chi connectivity index (χ1n) is 4.97. The Balaban J connectivity index is 2.23. The maximum Gasteiger partial charge on any atom is 0.0958 e. The molecule has 2 rings (SSSR count). The number of aryl methyl sites for hydroxylation is 1. The van der Waals surface area contributed by atoms with Gasteiger partial charge in [-0.05, 0) is 31.0 Å². The number of alkyl halides is 1. The standard InChI is InChI=1S/C11H12Cl2N2/c12-5-1-2-6-15-8-14-10-4-3-9(13)7-11(10)15/h3-4,7-8H,1-2,5-6H2. The van der Waals surface area contributed by atoms with Crippen LogP contribution in [0.25, 0.3) is 11.0 Å². The largest absolute Gasteiger partial charge is 0.331 e.